The smallest absolute Gasteiger partial charge is 0.261 e. The van der Waals surface area contributed by atoms with Crippen molar-refractivity contribution < 1.29 is 14.4 Å². The number of hydrogen-bond donors (Lipinski definition) is 2. The molecular formula is C15H17N3O3. The Morgan fingerprint density at radius 2 is 1.95 bits per heavy atom. The van der Waals surface area contributed by atoms with Crippen LogP contribution in [0.1, 0.15) is 40.0 Å². The Balaban J connectivity index is 1.84. The second-order valence-corrected chi connectivity index (χ2v) is 5.72. The lowest BCUT2D eigenvalue weighted by atomic mass is 9.68. The number of nitrogens with zero attached hydrogens (tertiary/aromatic N) is 1. The number of rotatable bonds is 3. The van der Waals surface area contributed by atoms with Gasteiger partial charge >= 0.3 is 0 Å². The fourth-order valence-electron chi connectivity index (χ4n) is 2.83. The first-order valence-electron chi connectivity index (χ1n) is 6.96. The van der Waals surface area contributed by atoms with Crippen molar-refractivity contribution in [1.29, 1.82) is 0 Å². The molecule has 0 atom stereocenters. The van der Waals surface area contributed by atoms with Gasteiger partial charge in [-0.15, -0.1) is 0 Å². The van der Waals surface area contributed by atoms with E-state index in [0.29, 0.717) is 23.4 Å². The lowest BCUT2D eigenvalue weighted by Gasteiger charge is -2.39. The van der Waals surface area contributed by atoms with Crippen LogP contribution in [0.15, 0.2) is 18.2 Å². The molecule has 1 saturated carbocycles. The summed E-state index contributed by atoms with van der Waals surface area (Å²) < 4.78 is 0. The maximum Gasteiger partial charge on any atom is 0.261 e. The molecule has 3 rings (SSSR count). The molecule has 21 heavy (non-hydrogen) atoms. The normalized spacial score (nSPS) is 19.2. The maximum atomic E-state index is 12.3. The average Bonchev–Trinajstić information content (AvgIpc) is 2.63. The summed E-state index contributed by atoms with van der Waals surface area (Å²) in [5.41, 5.74) is 6.45. The van der Waals surface area contributed by atoms with Crippen molar-refractivity contribution in [3.05, 3.63) is 29.3 Å². The van der Waals surface area contributed by atoms with Crippen molar-refractivity contribution in [3.63, 3.8) is 0 Å². The predicted molar refractivity (Wildman–Crippen MR) is 76.8 cm³/mol. The molecule has 0 saturated heterocycles. The second-order valence-electron chi connectivity index (χ2n) is 5.72. The molecule has 0 radical (unpaired) electrons. The summed E-state index contributed by atoms with van der Waals surface area (Å²) in [4.78, 5) is 37.1. The van der Waals surface area contributed by atoms with Crippen molar-refractivity contribution in [2.45, 2.75) is 19.3 Å². The lowest BCUT2D eigenvalue weighted by Crippen LogP contribution is -2.47. The summed E-state index contributed by atoms with van der Waals surface area (Å²) in [6, 6.07) is 4.77. The monoisotopic (exact) mass is 287 g/mol. The van der Waals surface area contributed by atoms with Gasteiger partial charge in [-0.2, -0.15) is 0 Å². The third kappa shape index (κ3) is 1.94. The first-order chi connectivity index (χ1) is 9.98. The van der Waals surface area contributed by atoms with Gasteiger partial charge in [-0.1, -0.05) is 6.42 Å². The summed E-state index contributed by atoms with van der Waals surface area (Å²) >= 11 is 0. The van der Waals surface area contributed by atoms with Crippen LogP contribution in [0.3, 0.4) is 0 Å². The van der Waals surface area contributed by atoms with Crippen LogP contribution in [0.25, 0.3) is 0 Å². The lowest BCUT2D eigenvalue weighted by molar-refractivity contribution is -0.129. The molecule has 3 N–H and O–H groups in total. The van der Waals surface area contributed by atoms with Crippen molar-refractivity contribution >= 4 is 23.4 Å². The number of amides is 3. The number of carbonyl (C=O) groups is 3. The quantitative estimate of drug-likeness (QED) is 0.810. The Bertz CT molecular complexity index is 644. The molecule has 1 aromatic rings. The van der Waals surface area contributed by atoms with E-state index in [4.69, 9.17) is 5.73 Å². The van der Waals surface area contributed by atoms with Gasteiger partial charge in [-0.3, -0.25) is 19.3 Å². The number of fused-ring (bicyclic) bond motifs is 1. The van der Waals surface area contributed by atoms with Crippen LogP contribution in [-0.2, 0) is 4.79 Å². The molecule has 0 unspecified atom stereocenters. The van der Waals surface area contributed by atoms with Gasteiger partial charge in [0.1, 0.15) is 0 Å². The van der Waals surface area contributed by atoms with E-state index in [1.807, 2.05) is 0 Å². The Kier molecular flexibility index (Phi) is 3.06. The zero-order chi connectivity index (χ0) is 15.2. The zero-order valence-corrected chi connectivity index (χ0v) is 11.8. The van der Waals surface area contributed by atoms with Gasteiger partial charge in [0.2, 0.25) is 5.91 Å². The molecule has 1 aliphatic heterocycles. The number of carbonyl (C=O) groups excluding carboxylic acids is 3. The van der Waals surface area contributed by atoms with Crippen molar-refractivity contribution in [2.75, 3.05) is 18.9 Å². The molecule has 1 heterocycles. The number of hydrogen-bond acceptors (Lipinski definition) is 4. The third-order valence-corrected chi connectivity index (χ3v) is 4.53. The number of nitrogens with two attached hydrogens (primary N) is 1. The van der Waals surface area contributed by atoms with Crippen molar-refractivity contribution in [3.8, 4) is 0 Å². The van der Waals surface area contributed by atoms with Gasteiger partial charge in [0.25, 0.3) is 11.8 Å². The van der Waals surface area contributed by atoms with E-state index in [1.54, 1.807) is 18.2 Å². The maximum absolute atomic E-state index is 12.3. The first kappa shape index (κ1) is 13.8. The summed E-state index contributed by atoms with van der Waals surface area (Å²) in [5.74, 6) is -0.769. The molecule has 0 aromatic heterocycles. The highest BCUT2D eigenvalue weighted by molar-refractivity contribution is 6.21. The van der Waals surface area contributed by atoms with Crippen LogP contribution in [0, 0.1) is 5.41 Å². The van der Waals surface area contributed by atoms with Crippen LogP contribution in [0.2, 0.25) is 0 Å². The summed E-state index contributed by atoms with van der Waals surface area (Å²) in [5, 5.41) is 2.81. The highest BCUT2D eigenvalue weighted by atomic mass is 16.2. The van der Waals surface area contributed by atoms with E-state index in [1.165, 1.54) is 7.05 Å². The minimum Gasteiger partial charge on any atom is -0.329 e. The molecule has 2 aliphatic rings. The van der Waals surface area contributed by atoms with Gasteiger partial charge in [0.15, 0.2) is 0 Å². The molecule has 1 aliphatic carbocycles. The van der Waals surface area contributed by atoms with E-state index < -0.39 is 5.41 Å². The molecule has 3 amide bonds. The average molecular weight is 287 g/mol. The van der Waals surface area contributed by atoms with Crippen LogP contribution in [-0.4, -0.2) is 36.2 Å². The Morgan fingerprint density at radius 1 is 1.29 bits per heavy atom. The van der Waals surface area contributed by atoms with Crippen LogP contribution in [0.4, 0.5) is 5.69 Å². The standard InChI is InChI=1S/C15H17N3O3/c1-18-12(19)10-4-3-9(7-11(10)13(18)20)17-14(21)15(8-16)5-2-6-15/h3-4,7H,2,5-6,8,16H2,1H3,(H,17,21). The van der Waals surface area contributed by atoms with Crippen LogP contribution >= 0.6 is 0 Å². The summed E-state index contributed by atoms with van der Waals surface area (Å²) in [6.07, 6.45) is 2.59. The molecule has 6 nitrogen and oxygen atoms in total. The number of imide groups is 1. The second kappa shape index (κ2) is 4.66. The van der Waals surface area contributed by atoms with E-state index in [9.17, 15) is 14.4 Å². The van der Waals surface area contributed by atoms with E-state index in [-0.39, 0.29) is 17.7 Å². The van der Waals surface area contributed by atoms with E-state index in [0.717, 1.165) is 24.2 Å². The summed E-state index contributed by atoms with van der Waals surface area (Å²) in [7, 11) is 1.45. The molecule has 110 valence electrons. The SMILES string of the molecule is CN1C(=O)c2ccc(NC(=O)C3(CN)CCC3)cc2C1=O. The molecule has 6 heteroatoms. The minimum atomic E-state index is -0.477. The highest BCUT2D eigenvalue weighted by Crippen LogP contribution is 2.41. The first-order valence-corrected chi connectivity index (χ1v) is 6.96. The third-order valence-electron chi connectivity index (χ3n) is 4.53. The van der Waals surface area contributed by atoms with E-state index in [2.05, 4.69) is 5.32 Å². The van der Waals surface area contributed by atoms with Crippen LogP contribution < -0.4 is 11.1 Å². The zero-order valence-electron chi connectivity index (χ0n) is 11.8. The minimum absolute atomic E-state index is 0.110. The Hall–Kier alpha value is -2.21. The number of benzene rings is 1. The van der Waals surface area contributed by atoms with Crippen molar-refractivity contribution in [1.82, 2.24) is 4.90 Å². The van der Waals surface area contributed by atoms with Gasteiger partial charge in [0.05, 0.1) is 16.5 Å². The predicted octanol–water partition coefficient (Wildman–Crippen LogP) is 0.980. The Morgan fingerprint density at radius 3 is 2.52 bits per heavy atom. The molecule has 1 fully saturated rings. The topological polar surface area (TPSA) is 92.5 Å². The summed E-state index contributed by atoms with van der Waals surface area (Å²) in [6.45, 7) is 0.323. The van der Waals surface area contributed by atoms with Gasteiger partial charge in [-0.25, -0.2) is 0 Å². The van der Waals surface area contributed by atoms with Gasteiger partial charge in [-0.05, 0) is 31.0 Å². The fourth-order valence-corrected chi connectivity index (χ4v) is 2.83. The Labute approximate surface area is 122 Å². The molecule has 0 spiro atoms. The largest absolute Gasteiger partial charge is 0.329 e. The molecular weight excluding hydrogens is 270 g/mol. The number of anilines is 1. The van der Waals surface area contributed by atoms with Gasteiger partial charge in [0, 0.05) is 19.3 Å². The van der Waals surface area contributed by atoms with Crippen LogP contribution in [0.5, 0.6) is 0 Å². The van der Waals surface area contributed by atoms with Crippen molar-refractivity contribution in [2.24, 2.45) is 11.1 Å². The van der Waals surface area contributed by atoms with E-state index >= 15 is 0 Å². The molecule has 0 bridgehead atoms. The van der Waals surface area contributed by atoms with Gasteiger partial charge < -0.3 is 11.1 Å². The highest BCUT2D eigenvalue weighted by Gasteiger charge is 2.43. The number of nitrogens with one attached hydrogen (secondary N) is 1. The molecule has 1 aromatic carbocycles. The fraction of sp³-hybridized carbons (Fsp3) is 0.400.